The van der Waals surface area contributed by atoms with Gasteiger partial charge in [0, 0.05) is 5.02 Å². The Morgan fingerprint density at radius 1 is 1.48 bits per heavy atom. The van der Waals surface area contributed by atoms with Gasteiger partial charge in [-0.15, -0.1) is 0 Å². The molecule has 2 N–H and O–H groups in total. The lowest BCUT2D eigenvalue weighted by Crippen LogP contribution is -2.48. The summed E-state index contributed by atoms with van der Waals surface area (Å²) in [5, 5.41) is 11.9. The Hall–Kier alpha value is -1.31. The van der Waals surface area contributed by atoms with Crippen molar-refractivity contribution in [1.29, 1.82) is 0 Å². The molecule has 1 aromatic carbocycles. The molecule has 0 aliphatic heterocycles. The second kappa shape index (κ2) is 8.21. The van der Waals surface area contributed by atoms with Gasteiger partial charge in [0.2, 0.25) is 0 Å². The van der Waals surface area contributed by atoms with Gasteiger partial charge in [-0.05, 0) is 41.1 Å². The molecule has 0 saturated carbocycles. The van der Waals surface area contributed by atoms with Crippen molar-refractivity contribution in [3.8, 4) is 5.75 Å². The molecule has 0 aliphatic carbocycles. The first-order valence-corrected chi connectivity index (χ1v) is 7.17. The van der Waals surface area contributed by atoms with Crippen LogP contribution >= 0.6 is 27.5 Å². The number of benzene rings is 1. The van der Waals surface area contributed by atoms with E-state index < -0.39 is 30.6 Å². The van der Waals surface area contributed by atoms with Crippen molar-refractivity contribution < 1.29 is 24.2 Å². The molecular formula is C13H15BrClNO5. The van der Waals surface area contributed by atoms with E-state index in [1.54, 1.807) is 18.2 Å². The first-order valence-electron chi connectivity index (χ1n) is 5.99. The van der Waals surface area contributed by atoms with Crippen molar-refractivity contribution in [2.24, 2.45) is 0 Å². The Labute approximate surface area is 135 Å². The number of halogens is 2. The minimum Gasteiger partial charge on any atom is -0.480 e. The van der Waals surface area contributed by atoms with Crippen molar-refractivity contribution >= 4 is 39.4 Å². The summed E-state index contributed by atoms with van der Waals surface area (Å²) in [6, 6.07) is 3.74. The van der Waals surface area contributed by atoms with Crippen LogP contribution in [0, 0.1) is 0 Å². The normalized spacial score (nSPS) is 13.2. The molecule has 1 unspecified atom stereocenters. The average molecular weight is 381 g/mol. The number of nitrogens with one attached hydrogen (secondary N) is 1. The molecule has 0 spiro atoms. The number of methoxy groups -OCH3 is 1. The molecule has 6 nitrogen and oxygen atoms in total. The first-order chi connectivity index (χ1) is 9.88. The second-order valence-corrected chi connectivity index (χ2v) is 5.39. The molecule has 0 heterocycles. The predicted octanol–water partition coefficient (Wildman–Crippen LogP) is 1.52. The van der Waals surface area contributed by atoms with E-state index in [1.165, 1.54) is 14.0 Å². The molecule has 0 aromatic heterocycles. The van der Waals surface area contributed by atoms with Crippen molar-refractivity contribution in [2.75, 3.05) is 13.7 Å². The third kappa shape index (κ3) is 5.18. The smallest absolute Gasteiger partial charge is 0.330 e. The van der Waals surface area contributed by atoms with Gasteiger partial charge in [-0.3, -0.25) is 4.79 Å². The maximum absolute atomic E-state index is 11.9. The summed E-state index contributed by atoms with van der Waals surface area (Å²) in [5.74, 6) is -0.854. The number of esters is 1. The van der Waals surface area contributed by atoms with E-state index in [2.05, 4.69) is 26.0 Å². The molecule has 8 heteroatoms. The highest BCUT2D eigenvalue weighted by molar-refractivity contribution is 9.10. The highest BCUT2D eigenvalue weighted by atomic mass is 79.9. The monoisotopic (exact) mass is 379 g/mol. The first kappa shape index (κ1) is 17.7. The number of amides is 1. The Morgan fingerprint density at radius 2 is 2.14 bits per heavy atom. The lowest BCUT2D eigenvalue weighted by molar-refractivity contribution is -0.147. The highest BCUT2D eigenvalue weighted by Crippen LogP contribution is 2.28. The topological polar surface area (TPSA) is 84.9 Å². The largest absolute Gasteiger partial charge is 0.480 e. The van der Waals surface area contributed by atoms with Gasteiger partial charge in [-0.2, -0.15) is 0 Å². The SMILES string of the molecule is COC(=O)[C@H](CO)NC(=O)C(C)Oc1ccc(Cl)cc1Br. The number of aliphatic hydroxyl groups excluding tert-OH is 1. The molecule has 21 heavy (non-hydrogen) atoms. The minimum atomic E-state index is -1.12. The molecule has 0 aliphatic rings. The summed E-state index contributed by atoms with van der Waals surface area (Å²) in [4.78, 5) is 23.2. The van der Waals surface area contributed by atoms with E-state index in [0.29, 0.717) is 15.2 Å². The fourth-order valence-electron chi connectivity index (χ4n) is 1.43. The zero-order valence-corrected chi connectivity index (χ0v) is 13.8. The average Bonchev–Trinajstić information content (AvgIpc) is 2.46. The zero-order valence-electron chi connectivity index (χ0n) is 11.4. The fourth-order valence-corrected chi connectivity index (χ4v) is 2.20. The Balaban J connectivity index is 2.68. The molecule has 1 rings (SSSR count). The molecule has 1 aromatic rings. The van der Waals surface area contributed by atoms with Gasteiger partial charge >= 0.3 is 5.97 Å². The summed E-state index contributed by atoms with van der Waals surface area (Å²) in [5.41, 5.74) is 0. The van der Waals surface area contributed by atoms with Crippen LogP contribution in [0.5, 0.6) is 5.75 Å². The molecular weight excluding hydrogens is 366 g/mol. The molecule has 0 bridgehead atoms. The third-order valence-electron chi connectivity index (χ3n) is 2.55. The van der Waals surface area contributed by atoms with E-state index in [9.17, 15) is 9.59 Å². The van der Waals surface area contributed by atoms with E-state index in [4.69, 9.17) is 21.4 Å². The number of hydrogen-bond acceptors (Lipinski definition) is 5. The predicted molar refractivity (Wildman–Crippen MR) is 80.3 cm³/mol. The number of rotatable bonds is 6. The Morgan fingerprint density at radius 3 is 2.67 bits per heavy atom. The fraction of sp³-hybridized carbons (Fsp3) is 0.385. The van der Waals surface area contributed by atoms with Gasteiger partial charge in [0.15, 0.2) is 12.1 Å². The highest BCUT2D eigenvalue weighted by Gasteiger charge is 2.24. The Bertz CT molecular complexity index is 525. The number of carbonyl (C=O) groups is 2. The summed E-state index contributed by atoms with van der Waals surface area (Å²) in [6.45, 7) is 0.956. The van der Waals surface area contributed by atoms with Crippen LogP contribution in [0.3, 0.4) is 0 Å². The van der Waals surface area contributed by atoms with Gasteiger partial charge < -0.3 is 19.9 Å². The van der Waals surface area contributed by atoms with Crippen LogP contribution < -0.4 is 10.1 Å². The lowest BCUT2D eigenvalue weighted by Gasteiger charge is -2.19. The summed E-state index contributed by atoms with van der Waals surface area (Å²) >= 11 is 9.08. The van der Waals surface area contributed by atoms with Crippen molar-refractivity contribution in [2.45, 2.75) is 19.1 Å². The van der Waals surface area contributed by atoms with Crippen molar-refractivity contribution in [3.63, 3.8) is 0 Å². The van der Waals surface area contributed by atoms with Gasteiger partial charge in [0.25, 0.3) is 5.91 Å². The number of ether oxygens (including phenoxy) is 2. The number of carbonyl (C=O) groups excluding carboxylic acids is 2. The van der Waals surface area contributed by atoms with Crippen LogP contribution in [-0.4, -0.2) is 42.8 Å². The third-order valence-corrected chi connectivity index (χ3v) is 3.41. The van der Waals surface area contributed by atoms with Crippen molar-refractivity contribution in [1.82, 2.24) is 5.32 Å². The van der Waals surface area contributed by atoms with Crippen LogP contribution in [0.25, 0.3) is 0 Å². The summed E-state index contributed by atoms with van der Waals surface area (Å²) < 4.78 is 10.5. The van der Waals surface area contributed by atoms with Crippen LogP contribution in [-0.2, 0) is 14.3 Å². The quantitative estimate of drug-likeness (QED) is 0.731. The number of hydrogen-bond donors (Lipinski definition) is 2. The maximum Gasteiger partial charge on any atom is 0.330 e. The minimum absolute atomic E-state index is 0.431. The molecule has 1 amide bonds. The van der Waals surface area contributed by atoms with Gasteiger partial charge in [0.1, 0.15) is 5.75 Å². The van der Waals surface area contributed by atoms with Gasteiger partial charge in [0.05, 0.1) is 18.2 Å². The molecule has 0 fully saturated rings. The second-order valence-electron chi connectivity index (χ2n) is 4.10. The molecule has 0 radical (unpaired) electrons. The van der Waals surface area contributed by atoms with Gasteiger partial charge in [-0.1, -0.05) is 11.6 Å². The van der Waals surface area contributed by atoms with Crippen LogP contribution in [0.15, 0.2) is 22.7 Å². The van der Waals surface area contributed by atoms with Crippen molar-refractivity contribution in [3.05, 3.63) is 27.7 Å². The molecule has 116 valence electrons. The zero-order chi connectivity index (χ0) is 16.0. The van der Waals surface area contributed by atoms with E-state index >= 15 is 0 Å². The standard InChI is InChI=1S/C13H15BrClNO5/c1-7(12(18)16-10(6-17)13(19)20-2)21-11-4-3-8(15)5-9(11)14/h3-5,7,10,17H,6H2,1-2H3,(H,16,18)/t7?,10-/m0/s1. The van der Waals surface area contributed by atoms with E-state index in [-0.39, 0.29) is 0 Å². The van der Waals surface area contributed by atoms with Crippen LogP contribution in [0.1, 0.15) is 6.92 Å². The van der Waals surface area contributed by atoms with E-state index in [0.717, 1.165) is 0 Å². The number of aliphatic hydroxyl groups is 1. The summed E-state index contributed by atoms with van der Waals surface area (Å²) in [7, 11) is 1.17. The molecule has 2 atom stereocenters. The maximum atomic E-state index is 11.9. The van der Waals surface area contributed by atoms with Gasteiger partial charge in [-0.25, -0.2) is 4.79 Å². The van der Waals surface area contributed by atoms with Crippen LogP contribution in [0.4, 0.5) is 0 Å². The lowest BCUT2D eigenvalue weighted by atomic mass is 10.2. The Kier molecular flexibility index (Phi) is 6.94. The van der Waals surface area contributed by atoms with Crippen LogP contribution in [0.2, 0.25) is 5.02 Å². The van der Waals surface area contributed by atoms with E-state index in [1.807, 2.05) is 0 Å². The molecule has 0 saturated heterocycles. The summed E-state index contributed by atoms with van der Waals surface area (Å²) in [6.07, 6.45) is -0.874.